The minimum Gasteiger partial charge on any atom is -0.492 e. The van der Waals surface area contributed by atoms with Crippen molar-refractivity contribution in [2.75, 3.05) is 46.0 Å². The third-order valence-electron chi connectivity index (χ3n) is 4.85. The number of amides is 1. The van der Waals surface area contributed by atoms with Crippen molar-refractivity contribution in [1.82, 2.24) is 9.80 Å². The minimum atomic E-state index is -0.0311. The van der Waals surface area contributed by atoms with Crippen molar-refractivity contribution in [3.05, 3.63) is 29.8 Å². The van der Waals surface area contributed by atoms with Gasteiger partial charge in [-0.3, -0.25) is 9.69 Å². The number of carbonyl (C=O) groups is 1. The van der Waals surface area contributed by atoms with Crippen LogP contribution in [0.2, 0.25) is 0 Å². The molecule has 0 N–H and O–H groups in total. The largest absolute Gasteiger partial charge is 0.492 e. The summed E-state index contributed by atoms with van der Waals surface area (Å²) >= 11 is 0. The molecular formula is C19H25N3O3. The first-order chi connectivity index (χ1) is 12.3. The third-order valence-corrected chi connectivity index (χ3v) is 4.85. The Kier molecular flexibility index (Phi) is 6.26. The topological polar surface area (TPSA) is 65.8 Å². The number of carbonyl (C=O) groups excluding carboxylic acids is 1. The Morgan fingerprint density at radius 2 is 1.96 bits per heavy atom. The van der Waals surface area contributed by atoms with Crippen LogP contribution in [0.5, 0.6) is 5.75 Å². The van der Waals surface area contributed by atoms with Crippen LogP contribution in [0.25, 0.3) is 0 Å². The second kappa shape index (κ2) is 8.84. The van der Waals surface area contributed by atoms with E-state index in [-0.39, 0.29) is 11.9 Å². The number of hydrogen-bond donors (Lipinski definition) is 0. The molecule has 1 amide bonds. The lowest BCUT2D eigenvalue weighted by molar-refractivity contribution is -0.142. The van der Waals surface area contributed by atoms with E-state index in [4.69, 9.17) is 14.7 Å². The molecule has 0 aliphatic carbocycles. The van der Waals surface area contributed by atoms with Gasteiger partial charge in [0, 0.05) is 19.6 Å². The zero-order valence-electron chi connectivity index (χ0n) is 14.5. The second-order valence-electron chi connectivity index (χ2n) is 6.47. The molecule has 0 unspecified atom stereocenters. The molecule has 134 valence electrons. The summed E-state index contributed by atoms with van der Waals surface area (Å²) in [6.45, 7) is 4.90. The molecule has 0 radical (unpaired) electrons. The van der Waals surface area contributed by atoms with E-state index in [1.54, 1.807) is 12.1 Å². The Balaban J connectivity index is 1.51. The monoisotopic (exact) mass is 343 g/mol. The Bertz CT molecular complexity index is 605. The number of nitriles is 1. The minimum absolute atomic E-state index is 0.0311. The maximum Gasteiger partial charge on any atom is 0.240 e. The number of nitrogens with zero attached hydrogens (tertiary/aromatic N) is 3. The van der Waals surface area contributed by atoms with E-state index in [1.807, 2.05) is 17.0 Å². The van der Waals surface area contributed by atoms with E-state index in [0.29, 0.717) is 38.5 Å². The molecule has 2 aliphatic rings. The molecule has 6 heteroatoms. The number of piperidine rings is 1. The van der Waals surface area contributed by atoms with Gasteiger partial charge in [-0.05, 0) is 43.7 Å². The highest BCUT2D eigenvalue weighted by Gasteiger charge is 2.32. The lowest BCUT2D eigenvalue weighted by Gasteiger charge is -2.38. The molecule has 0 saturated carbocycles. The van der Waals surface area contributed by atoms with Crippen molar-refractivity contribution < 1.29 is 14.3 Å². The highest BCUT2D eigenvalue weighted by molar-refractivity contribution is 5.82. The average Bonchev–Trinajstić information content (AvgIpc) is 2.69. The molecule has 2 heterocycles. The summed E-state index contributed by atoms with van der Waals surface area (Å²) < 4.78 is 11.1. The highest BCUT2D eigenvalue weighted by Crippen LogP contribution is 2.20. The Labute approximate surface area is 148 Å². The van der Waals surface area contributed by atoms with E-state index in [1.165, 1.54) is 0 Å². The second-order valence-corrected chi connectivity index (χ2v) is 6.47. The summed E-state index contributed by atoms with van der Waals surface area (Å²) in [6, 6.07) is 9.19. The van der Waals surface area contributed by atoms with Gasteiger partial charge in [0.2, 0.25) is 5.91 Å². The molecular weight excluding hydrogens is 318 g/mol. The first-order valence-electron chi connectivity index (χ1n) is 9.01. The van der Waals surface area contributed by atoms with Gasteiger partial charge >= 0.3 is 0 Å². The number of hydrogen-bond acceptors (Lipinski definition) is 5. The molecule has 0 aromatic heterocycles. The van der Waals surface area contributed by atoms with Crippen LogP contribution in [-0.4, -0.2) is 67.7 Å². The fraction of sp³-hybridized carbons (Fsp3) is 0.579. The van der Waals surface area contributed by atoms with E-state index in [0.717, 1.165) is 38.1 Å². The van der Waals surface area contributed by atoms with Gasteiger partial charge in [0.05, 0.1) is 30.9 Å². The van der Waals surface area contributed by atoms with Crippen LogP contribution in [0.15, 0.2) is 24.3 Å². The summed E-state index contributed by atoms with van der Waals surface area (Å²) in [5, 5.41) is 8.82. The number of ether oxygens (including phenoxy) is 2. The maximum absolute atomic E-state index is 12.8. The molecule has 0 bridgehead atoms. The number of rotatable bonds is 5. The van der Waals surface area contributed by atoms with Gasteiger partial charge in [-0.1, -0.05) is 6.42 Å². The van der Waals surface area contributed by atoms with Gasteiger partial charge in [-0.2, -0.15) is 5.26 Å². The van der Waals surface area contributed by atoms with Gasteiger partial charge in [-0.25, -0.2) is 0 Å². The molecule has 2 aliphatic heterocycles. The normalized spacial score (nSPS) is 21.6. The summed E-state index contributed by atoms with van der Waals surface area (Å²) in [5.41, 5.74) is 0.625. The van der Waals surface area contributed by atoms with Crippen molar-refractivity contribution in [3.63, 3.8) is 0 Å². The zero-order valence-corrected chi connectivity index (χ0v) is 14.5. The van der Waals surface area contributed by atoms with Crippen molar-refractivity contribution in [3.8, 4) is 11.8 Å². The lowest BCUT2D eigenvalue weighted by Crippen LogP contribution is -2.54. The molecule has 2 saturated heterocycles. The average molecular weight is 343 g/mol. The van der Waals surface area contributed by atoms with E-state index in [2.05, 4.69) is 11.0 Å². The van der Waals surface area contributed by atoms with Gasteiger partial charge in [-0.15, -0.1) is 0 Å². The SMILES string of the molecule is N#Cc1ccc(OCCN2CCCC[C@@H]2C(=O)N2CCOCC2)cc1. The predicted molar refractivity (Wildman–Crippen MR) is 93.3 cm³/mol. The van der Waals surface area contributed by atoms with Crippen LogP contribution in [0.3, 0.4) is 0 Å². The van der Waals surface area contributed by atoms with E-state index >= 15 is 0 Å². The van der Waals surface area contributed by atoms with Gasteiger partial charge in [0.25, 0.3) is 0 Å². The van der Waals surface area contributed by atoms with Crippen LogP contribution in [0.1, 0.15) is 24.8 Å². The zero-order chi connectivity index (χ0) is 17.5. The molecule has 25 heavy (non-hydrogen) atoms. The Morgan fingerprint density at radius 3 is 2.68 bits per heavy atom. The summed E-state index contributed by atoms with van der Waals surface area (Å²) in [6.07, 6.45) is 3.16. The molecule has 1 atom stereocenters. The van der Waals surface area contributed by atoms with Gasteiger partial charge < -0.3 is 14.4 Å². The fourth-order valence-electron chi connectivity index (χ4n) is 3.44. The highest BCUT2D eigenvalue weighted by atomic mass is 16.5. The van der Waals surface area contributed by atoms with Crippen molar-refractivity contribution >= 4 is 5.91 Å². The van der Waals surface area contributed by atoms with Gasteiger partial charge in [0.1, 0.15) is 12.4 Å². The number of morpholine rings is 1. The quantitative estimate of drug-likeness (QED) is 0.813. The van der Waals surface area contributed by atoms with E-state index < -0.39 is 0 Å². The fourth-order valence-corrected chi connectivity index (χ4v) is 3.44. The number of likely N-dealkylation sites (tertiary alicyclic amines) is 1. The molecule has 1 aromatic carbocycles. The first kappa shape index (κ1) is 17.7. The van der Waals surface area contributed by atoms with Crippen molar-refractivity contribution in [2.45, 2.75) is 25.3 Å². The van der Waals surface area contributed by atoms with Crippen molar-refractivity contribution in [1.29, 1.82) is 5.26 Å². The van der Waals surface area contributed by atoms with Crippen LogP contribution < -0.4 is 4.74 Å². The van der Waals surface area contributed by atoms with Crippen LogP contribution >= 0.6 is 0 Å². The summed E-state index contributed by atoms with van der Waals surface area (Å²) in [4.78, 5) is 17.0. The smallest absolute Gasteiger partial charge is 0.240 e. The van der Waals surface area contributed by atoms with Gasteiger partial charge in [0.15, 0.2) is 0 Å². The molecule has 1 aromatic rings. The Morgan fingerprint density at radius 1 is 1.20 bits per heavy atom. The van der Waals surface area contributed by atoms with Crippen molar-refractivity contribution in [2.24, 2.45) is 0 Å². The molecule has 6 nitrogen and oxygen atoms in total. The first-order valence-corrected chi connectivity index (χ1v) is 9.01. The van der Waals surface area contributed by atoms with Crippen LogP contribution in [0, 0.1) is 11.3 Å². The molecule has 2 fully saturated rings. The third kappa shape index (κ3) is 4.71. The lowest BCUT2D eigenvalue weighted by atomic mass is 10.0. The van der Waals surface area contributed by atoms with Crippen LogP contribution in [0.4, 0.5) is 0 Å². The maximum atomic E-state index is 12.8. The molecule has 0 spiro atoms. The van der Waals surface area contributed by atoms with E-state index in [9.17, 15) is 4.79 Å². The summed E-state index contributed by atoms with van der Waals surface area (Å²) in [7, 11) is 0. The van der Waals surface area contributed by atoms with Crippen LogP contribution in [-0.2, 0) is 9.53 Å². The Hall–Kier alpha value is -2.10. The summed E-state index contributed by atoms with van der Waals surface area (Å²) in [5.74, 6) is 0.994. The molecule has 3 rings (SSSR count). The standard InChI is InChI=1S/C19H25N3O3/c20-15-16-4-6-17(7-5-16)25-14-11-21-8-2-1-3-18(21)19(23)22-9-12-24-13-10-22/h4-7,18H,1-3,8-14H2/t18-/m1/s1. The predicted octanol–water partition coefficient (Wildman–Crippen LogP) is 1.65. The number of benzene rings is 1.